The molecule has 1 unspecified atom stereocenters. The predicted molar refractivity (Wildman–Crippen MR) is 71.6 cm³/mol. The van der Waals surface area contributed by atoms with Crippen molar-refractivity contribution < 1.29 is 4.39 Å². The Morgan fingerprint density at radius 3 is 2.78 bits per heavy atom. The van der Waals surface area contributed by atoms with E-state index < -0.39 is 0 Å². The number of halogens is 2. The molecule has 0 aliphatic carbocycles. The van der Waals surface area contributed by atoms with Gasteiger partial charge in [0.2, 0.25) is 0 Å². The highest BCUT2D eigenvalue weighted by Crippen LogP contribution is 2.20. The summed E-state index contributed by atoms with van der Waals surface area (Å²) >= 11 is 3.29. The van der Waals surface area contributed by atoms with Crippen LogP contribution in [0.25, 0.3) is 0 Å². The molecule has 0 fully saturated rings. The van der Waals surface area contributed by atoms with Gasteiger partial charge in [0.15, 0.2) is 0 Å². The van der Waals surface area contributed by atoms with Crippen molar-refractivity contribution in [3.63, 3.8) is 0 Å². The molecule has 0 saturated heterocycles. The van der Waals surface area contributed by atoms with Crippen molar-refractivity contribution in [2.45, 2.75) is 12.5 Å². The summed E-state index contributed by atoms with van der Waals surface area (Å²) in [5, 5.41) is 3.17. The zero-order valence-electron chi connectivity index (χ0n) is 9.90. The van der Waals surface area contributed by atoms with Gasteiger partial charge in [-0.1, -0.05) is 15.9 Å². The summed E-state index contributed by atoms with van der Waals surface area (Å²) in [6.45, 7) is 0. The Bertz CT molecular complexity index is 499. The molecule has 1 heterocycles. The number of hydrogen-bond acceptors (Lipinski definition) is 3. The van der Waals surface area contributed by atoms with Crippen LogP contribution in [0.2, 0.25) is 0 Å². The second-order valence-corrected chi connectivity index (χ2v) is 4.87. The SMILES string of the molecule is CNC(Cc1cc(F)cc(Br)c1)c1cnccn1. The van der Waals surface area contributed by atoms with Crippen molar-refractivity contribution in [2.75, 3.05) is 7.05 Å². The van der Waals surface area contributed by atoms with Crippen LogP contribution in [-0.2, 0) is 6.42 Å². The van der Waals surface area contributed by atoms with Gasteiger partial charge in [0.25, 0.3) is 0 Å². The van der Waals surface area contributed by atoms with E-state index in [1.807, 2.05) is 13.1 Å². The van der Waals surface area contributed by atoms with Crippen molar-refractivity contribution in [3.8, 4) is 0 Å². The van der Waals surface area contributed by atoms with Gasteiger partial charge in [0, 0.05) is 23.1 Å². The molecule has 0 aliphatic heterocycles. The van der Waals surface area contributed by atoms with Crippen LogP contribution in [0, 0.1) is 5.82 Å². The summed E-state index contributed by atoms with van der Waals surface area (Å²) in [4.78, 5) is 8.30. The molecule has 94 valence electrons. The molecule has 1 aromatic heterocycles. The Labute approximate surface area is 114 Å². The number of hydrogen-bond donors (Lipinski definition) is 1. The molecule has 3 nitrogen and oxygen atoms in total. The molecule has 0 amide bonds. The van der Waals surface area contributed by atoms with Gasteiger partial charge in [-0.25, -0.2) is 4.39 Å². The first-order valence-electron chi connectivity index (χ1n) is 5.57. The first-order valence-corrected chi connectivity index (χ1v) is 6.36. The number of rotatable bonds is 4. The van der Waals surface area contributed by atoms with Gasteiger partial charge in [-0.15, -0.1) is 0 Å². The van der Waals surface area contributed by atoms with Gasteiger partial charge in [0.05, 0.1) is 11.7 Å². The quantitative estimate of drug-likeness (QED) is 0.943. The molecule has 0 spiro atoms. The lowest BCUT2D eigenvalue weighted by molar-refractivity contribution is 0.567. The lowest BCUT2D eigenvalue weighted by Crippen LogP contribution is -2.20. The minimum Gasteiger partial charge on any atom is -0.311 e. The Morgan fingerprint density at radius 2 is 2.17 bits per heavy atom. The predicted octanol–water partition coefficient (Wildman–Crippen LogP) is 2.88. The van der Waals surface area contributed by atoms with Crippen LogP contribution < -0.4 is 5.32 Å². The average molecular weight is 310 g/mol. The molecule has 18 heavy (non-hydrogen) atoms. The maximum absolute atomic E-state index is 13.3. The van der Waals surface area contributed by atoms with Crippen LogP contribution in [0.3, 0.4) is 0 Å². The minimum atomic E-state index is -0.242. The Kier molecular flexibility index (Phi) is 4.38. The van der Waals surface area contributed by atoms with Crippen molar-refractivity contribution >= 4 is 15.9 Å². The van der Waals surface area contributed by atoms with Gasteiger partial charge in [0.1, 0.15) is 5.82 Å². The van der Waals surface area contributed by atoms with Crippen LogP contribution in [0.15, 0.2) is 41.3 Å². The standard InChI is InChI=1S/C13H13BrFN3/c1-16-12(13-8-17-2-3-18-13)6-9-4-10(14)7-11(15)5-9/h2-5,7-8,12,16H,6H2,1H3. The highest BCUT2D eigenvalue weighted by Gasteiger charge is 2.12. The summed E-state index contributed by atoms with van der Waals surface area (Å²) in [6.07, 6.45) is 5.66. The molecule has 1 aromatic carbocycles. The third-order valence-corrected chi connectivity index (χ3v) is 3.11. The van der Waals surface area contributed by atoms with Crippen LogP contribution in [-0.4, -0.2) is 17.0 Å². The third kappa shape index (κ3) is 3.34. The highest BCUT2D eigenvalue weighted by atomic mass is 79.9. The van der Waals surface area contributed by atoms with E-state index in [4.69, 9.17) is 0 Å². The fraction of sp³-hybridized carbons (Fsp3) is 0.231. The lowest BCUT2D eigenvalue weighted by Gasteiger charge is -2.15. The molecule has 0 saturated carbocycles. The van der Waals surface area contributed by atoms with Crippen LogP contribution >= 0.6 is 15.9 Å². The summed E-state index contributed by atoms with van der Waals surface area (Å²) in [5.74, 6) is -0.242. The number of aromatic nitrogens is 2. The summed E-state index contributed by atoms with van der Waals surface area (Å²) in [7, 11) is 1.85. The minimum absolute atomic E-state index is 0.0207. The molecular formula is C13H13BrFN3. The second kappa shape index (κ2) is 6.02. The van der Waals surface area contributed by atoms with Crippen LogP contribution in [0.4, 0.5) is 4.39 Å². The van der Waals surface area contributed by atoms with Crippen molar-refractivity contribution in [3.05, 3.63) is 58.3 Å². The van der Waals surface area contributed by atoms with Gasteiger partial charge < -0.3 is 5.32 Å². The number of likely N-dealkylation sites (N-methyl/N-ethyl adjacent to an activating group) is 1. The number of nitrogens with zero attached hydrogens (tertiary/aromatic N) is 2. The van der Waals surface area contributed by atoms with Gasteiger partial charge in [-0.3, -0.25) is 9.97 Å². The smallest absolute Gasteiger partial charge is 0.124 e. The van der Waals surface area contributed by atoms with E-state index >= 15 is 0 Å². The van der Waals surface area contributed by atoms with Crippen LogP contribution in [0.5, 0.6) is 0 Å². The van der Waals surface area contributed by atoms with Crippen molar-refractivity contribution in [1.82, 2.24) is 15.3 Å². The lowest BCUT2D eigenvalue weighted by atomic mass is 10.0. The van der Waals surface area contributed by atoms with Gasteiger partial charge >= 0.3 is 0 Å². The molecule has 0 radical (unpaired) electrons. The maximum Gasteiger partial charge on any atom is 0.124 e. The van der Waals surface area contributed by atoms with E-state index in [9.17, 15) is 4.39 Å². The third-order valence-electron chi connectivity index (χ3n) is 2.65. The average Bonchev–Trinajstić information content (AvgIpc) is 2.36. The van der Waals surface area contributed by atoms with E-state index in [0.717, 1.165) is 15.7 Å². The molecule has 2 aromatic rings. The topological polar surface area (TPSA) is 37.8 Å². The van der Waals surface area contributed by atoms with Crippen molar-refractivity contribution in [2.24, 2.45) is 0 Å². The Hall–Kier alpha value is -1.33. The van der Waals surface area contributed by atoms with Crippen LogP contribution in [0.1, 0.15) is 17.3 Å². The summed E-state index contributed by atoms with van der Waals surface area (Å²) in [5.41, 5.74) is 1.76. The first kappa shape index (κ1) is 13.1. The maximum atomic E-state index is 13.3. The molecule has 0 aliphatic rings. The summed E-state index contributed by atoms with van der Waals surface area (Å²) in [6, 6.07) is 4.91. The van der Waals surface area contributed by atoms with Gasteiger partial charge in [-0.05, 0) is 37.2 Å². The number of benzene rings is 1. The van der Waals surface area contributed by atoms with E-state index in [1.165, 1.54) is 12.1 Å². The fourth-order valence-corrected chi connectivity index (χ4v) is 2.32. The van der Waals surface area contributed by atoms with E-state index in [0.29, 0.717) is 6.42 Å². The zero-order chi connectivity index (χ0) is 13.0. The first-order chi connectivity index (χ1) is 8.69. The fourth-order valence-electron chi connectivity index (χ4n) is 1.81. The normalized spacial score (nSPS) is 12.4. The van der Waals surface area contributed by atoms with Crippen molar-refractivity contribution in [1.29, 1.82) is 0 Å². The molecule has 0 bridgehead atoms. The Morgan fingerprint density at radius 1 is 1.33 bits per heavy atom. The molecular weight excluding hydrogens is 297 g/mol. The second-order valence-electron chi connectivity index (χ2n) is 3.95. The van der Waals surface area contributed by atoms with E-state index in [-0.39, 0.29) is 11.9 Å². The van der Waals surface area contributed by atoms with E-state index in [1.54, 1.807) is 18.6 Å². The molecule has 5 heteroatoms. The Balaban J connectivity index is 2.20. The van der Waals surface area contributed by atoms with Gasteiger partial charge in [-0.2, -0.15) is 0 Å². The number of nitrogens with one attached hydrogen (secondary N) is 1. The molecule has 2 rings (SSSR count). The molecule has 1 atom stereocenters. The largest absolute Gasteiger partial charge is 0.311 e. The van der Waals surface area contributed by atoms with E-state index in [2.05, 4.69) is 31.2 Å². The highest BCUT2D eigenvalue weighted by molar-refractivity contribution is 9.10. The molecule has 1 N–H and O–H groups in total. The zero-order valence-corrected chi connectivity index (χ0v) is 11.5. The summed E-state index contributed by atoms with van der Waals surface area (Å²) < 4.78 is 14.0. The monoisotopic (exact) mass is 309 g/mol.